The van der Waals surface area contributed by atoms with Crippen molar-refractivity contribution in [3.63, 3.8) is 0 Å². The van der Waals surface area contributed by atoms with Crippen molar-refractivity contribution in [1.29, 1.82) is 0 Å². The molecule has 0 fully saturated rings. The quantitative estimate of drug-likeness (QED) is 0.700. The van der Waals surface area contributed by atoms with E-state index >= 15 is 0 Å². The summed E-state index contributed by atoms with van der Waals surface area (Å²) in [7, 11) is -3.19. The van der Waals surface area contributed by atoms with Gasteiger partial charge >= 0.3 is 0 Å². The Balaban J connectivity index is 4.75. The predicted octanol–water partition coefficient (Wildman–Crippen LogP) is 3.11. The van der Waals surface area contributed by atoms with Gasteiger partial charge in [-0.05, 0) is 58.2 Å². The molecule has 0 spiro atoms. The third-order valence-electron chi connectivity index (χ3n) is 3.23. The van der Waals surface area contributed by atoms with Crippen LogP contribution in [0.5, 0.6) is 0 Å². The molecule has 0 bridgehead atoms. The highest BCUT2D eigenvalue weighted by Gasteiger charge is 2.40. The average Bonchev–Trinajstić information content (AvgIpc) is 2.14. The number of rotatable bonds is 8. The van der Waals surface area contributed by atoms with E-state index in [1.807, 2.05) is 20.2 Å². The Morgan fingerprint density at radius 3 is 1.94 bits per heavy atom. The van der Waals surface area contributed by atoms with Crippen molar-refractivity contribution in [2.75, 3.05) is 7.11 Å². The van der Waals surface area contributed by atoms with Gasteiger partial charge in [0.15, 0.2) is 16.6 Å². The van der Waals surface area contributed by atoms with Gasteiger partial charge in [-0.15, -0.1) is 0 Å². The van der Waals surface area contributed by atoms with Gasteiger partial charge in [0, 0.05) is 7.11 Å². The van der Waals surface area contributed by atoms with Crippen LogP contribution in [-0.2, 0) is 8.85 Å². The zero-order chi connectivity index (χ0) is 14.6. The lowest BCUT2D eigenvalue weighted by Crippen LogP contribution is -2.52. The third kappa shape index (κ3) is 7.20. The summed E-state index contributed by atoms with van der Waals surface area (Å²) in [5.74, 6) is 0. The molecule has 18 heavy (non-hydrogen) atoms. The largest absolute Gasteiger partial charge is 0.432 e. The van der Waals surface area contributed by atoms with Crippen LogP contribution >= 0.6 is 0 Å². The van der Waals surface area contributed by atoms with Crippen LogP contribution in [0.2, 0.25) is 44.8 Å². The summed E-state index contributed by atoms with van der Waals surface area (Å²) in [4.78, 5) is 10.0. The molecule has 0 saturated heterocycles. The van der Waals surface area contributed by atoms with Crippen molar-refractivity contribution < 1.29 is 13.6 Å². The molecular weight excluding hydrogens is 276 g/mol. The first kappa shape index (κ1) is 18.5. The Labute approximate surface area is 117 Å². The molecule has 2 atom stereocenters. The molecule has 0 amide bonds. The first-order valence-corrected chi connectivity index (χ1v) is 15.3. The summed E-state index contributed by atoms with van der Waals surface area (Å²) < 4.78 is 12.2. The highest BCUT2D eigenvalue weighted by atomic mass is 28.4. The summed E-state index contributed by atoms with van der Waals surface area (Å²) in [5, 5.41) is -0.0983. The zero-order valence-corrected chi connectivity index (χ0v) is 16.6. The SMILES string of the molecule is CC[C@@](C)(O[Si](C)(C)C)[SiH](CC[Si](C)(C)O)OC. The van der Waals surface area contributed by atoms with Crippen molar-refractivity contribution in [2.45, 2.75) is 70.3 Å². The van der Waals surface area contributed by atoms with E-state index in [1.54, 1.807) is 0 Å². The van der Waals surface area contributed by atoms with Gasteiger partial charge in [0.1, 0.15) is 0 Å². The maximum atomic E-state index is 10.0. The lowest BCUT2D eigenvalue weighted by atomic mass is 10.3. The summed E-state index contributed by atoms with van der Waals surface area (Å²) in [5.41, 5.74) is 0. The van der Waals surface area contributed by atoms with E-state index in [-0.39, 0.29) is 5.22 Å². The molecule has 1 N–H and O–H groups in total. The van der Waals surface area contributed by atoms with Gasteiger partial charge in [0.05, 0.1) is 5.22 Å². The fourth-order valence-electron chi connectivity index (χ4n) is 2.22. The van der Waals surface area contributed by atoms with Crippen LogP contribution < -0.4 is 0 Å². The molecule has 1 unspecified atom stereocenters. The molecule has 0 aliphatic carbocycles. The van der Waals surface area contributed by atoms with Gasteiger partial charge in [0.2, 0.25) is 9.04 Å². The number of hydrogen-bond acceptors (Lipinski definition) is 3. The molecule has 6 heteroatoms. The molecule has 3 nitrogen and oxygen atoms in total. The molecular formula is C12H32O3Si3. The maximum absolute atomic E-state index is 10.0. The Bertz CT molecular complexity index is 248. The highest BCUT2D eigenvalue weighted by molar-refractivity contribution is 6.73. The Kier molecular flexibility index (Phi) is 7.01. The second-order valence-electron chi connectivity index (χ2n) is 6.96. The first-order chi connectivity index (χ1) is 7.93. The first-order valence-electron chi connectivity index (χ1n) is 6.89. The predicted molar refractivity (Wildman–Crippen MR) is 86.6 cm³/mol. The van der Waals surface area contributed by atoms with Crippen LogP contribution in [0.4, 0.5) is 0 Å². The Morgan fingerprint density at radius 1 is 1.17 bits per heavy atom. The topological polar surface area (TPSA) is 38.7 Å². The van der Waals surface area contributed by atoms with Crippen LogP contribution in [0.25, 0.3) is 0 Å². The average molecular weight is 309 g/mol. The molecule has 0 aliphatic rings. The Morgan fingerprint density at radius 2 is 1.67 bits per heavy atom. The van der Waals surface area contributed by atoms with Crippen molar-refractivity contribution in [1.82, 2.24) is 0 Å². The lowest BCUT2D eigenvalue weighted by Gasteiger charge is -2.40. The third-order valence-corrected chi connectivity index (χ3v) is 9.90. The van der Waals surface area contributed by atoms with Crippen LogP contribution in [0.3, 0.4) is 0 Å². The molecule has 0 aromatic carbocycles. The van der Waals surface area contributed by atoms with Crippen LogP contribution in [0.15, 0.2) is 0 Å². The van der Waals surface area contributed by atoms with E-state index < -0.39 is 25.7 Å². The highest BCUT2D eigenvalue weighted by Crippen LogP contribution is 2.28. The van der Waals surface area contributed by atoms with Crippen molar-refractivity contribution in [3.8, 4) is 0 Å². The molecule has 0 aliphatic heterocycles. The van der Waals surface area contributed by atoms with Crippen molar-refractivity contribution >= 4 is 25.7 Å². The fourth-order valence-corrected chi connectivity index (χ4v) is 11.0. The molecule has 0 heterocycles. The standard InChI is InChI=1S/C12H32O3Si3/c1-9-12(2,15-17(4,5)6)16(14-3)10-11-18(7,8)13/h13,16H,9-11H2,1-8H3/t12-,16?/m0/s1. The molecule has 0 saturated carbocycles. The van der Waals surface area contributed by atoms with Gasteiger partial charge in [-0.3, -0.25) is 0 Å². The van der Waals surface area contributed by atoms with Gasteiger partial charge in [-0.2, -0.15) is 0 Å². The van der Waals surface area contributed by atoms with E-state index in [0.717, 1.165) is 18.5 Å². The minimum Gasteiger partial charge on any atom is -0.432 e. The summed E-state index contributed by atoms with van der Waals surface area (Å²) in [6, 6.07) is 1.93. The van der Waals surface area contributed by atoms with E-state index in [4.69, 9.17) is 8.85 Å². The summed E-state index contributed by atoms with van der Waals surface area (Å²) in [6.45, 7) is 15.1. The van der Waals surface area contributed by atoms with Crippen molar-refractivity contribution in [3.05, 3.63) is 0 Å². The summed E-state index contributed by atoms with van der Waals surface area (Å²) in [6.07, 6.45) is 0.995. The van der Waals surface area contributed by atoms with Gasteiger partial charge in [-0.1, -0.05) is 6.92 Å². The van der Waals surface area contributed by atoms with Crippen LogP contribution in [0.1, 0.15) is 20.3 Å². The Hall–Kier alpha value is 0.531. The summed E-state index contributed by atoms with van der Waals surface area (Å²) >= 11 is 0. The normalized spacial score (nSPS) is 18.5. The zero-order valence-electron chi connectivity index (χ0n) is 13.5. The van der Waals surface area contributed by atoms with Crippen LogP contribution in [0, 0.1) is 0 Å². The molecule has 0 radical (unpaired) electrons. The van der Waals surface area contributed by atoms with Crippen molar-refractivity contribution in [2.24, 2.45) is 0 Å². The molecule has 0 aromatic heterocycles. The minimum atomic E-state index is -1.98. The maximum Gasteiger partial charge on any atom is 0.206 e. The van der Waals surface area contributed by atoms with Gasteiger partial charge in [0.25, 0.3) is 0 Å². The number of hydrogen-bond donors (Lipinski definition) is 1. The smallest absolute Gasteiger partial charge is 0.206 e. The van der Waals surface area contributed by atoms with E-state index in [1.165, 1.54) is 0 Å². The van der Waals surface area contributed by atoms with Gasteiger partial charge < -0.3 is 13.6 Å². The minimum absolute atomic E-state index is 0.0983. The van der Waals surface area contributed by atoms with Gasteiger partial charge in [-0.25, -0.2) is 0 Å². The second kappa shape index (κ2) is 6.81. The second-order valence-corrected chi connectivity index (χ2v) is 18.8. The lowest BCUT2D eigenvalue weighted by molar-refractivity contribution is 0.132. The van der Waals surface area contributed by atoms with E-state index in [0.29, 0.717) is 0 Å². The monoisotopic (exact) mass is 308 g/mol. The van der Waals surface area contributed by atoms with Crippen LogP contribution in [-0.4, -0.2) is 42.8 Å². The van der Waals surface area contributed by atoms with E-state index in [9.17, 15) is 4.80 Å². The van der Waals surface area contributed by atoms with E-state index in [2.05, 4.69) is 33.5 Å². The molecule has 0 aromatic rings. The fraction of sp³-hybridized carbons (Fsp3) is 1.00. The molecule has 110 valence electrons. The molecule has 0 rings (SSSR count).